The smallest absolute Gasteiger partial charge is 0.251 e. The van der Waals surface area contributed by atoms with Crippen LogP contribution in [0.1, 0.15) is 37.6 Å². The maximum atomic E-state index is 12.0. The summed E-state index contributed by atoms with van der Waals surface area (Å²) in [5, 5.41) is 2.86. The average molecular weight is 298 g/mol. The molecule has 1 aromatic rings. The summed E-state index contributed by atoms with van der Waals surface area (Å²) in [6, 6.07) is 6.71. The molecule has 0 heterocycles. The first-order valence-corrected chi connectivity index (χ1v) is 8.30. The van der Waals surface area contributed by atoms with Crippen LogP contribution in [-0.4, -0.2) is 33.2 Å². The zero-order chi connectivity index (χ0) is 15.3. The van der Waals surface area contributed by atoms with Crippen LogP contribution in [0.2, 0.25) is 0 Å². The highest BCUT2D eigenvalue weighted by Gasteiger charge is 2.17. The number of nitrogens with one attached hydrogen (secondary N) is 1. The molecule has 0 saturated carbocycles. The van der Waals surface area contributed by atoms with Crippen molar-refractivity contribution in [1.82, 2.24) is 5.32 Å². The second-order valence-electron chi connectivity index (χ2n) is 4.70. The molecule has 0 bridgehead atoms. The first-order chi connectivity index (χ1) is 9.31. The summed E-state index contributed by atoms with van der Waals surface area (Å²) in [5.41, 5.74) is 0.949. The maximum Gasteiger partial charge on any atom is 0.251 e. The second kappa shape index (κ2) is 6.74. The number of nitrogens with zero attached hydrogens (tertiary/aromatic N) is 1. The van der Waals surface area contributed by atoms with Crippen LogP contribution in [0, 0.1) is 0 Å². The van der Waals surface area contributed by atoms with Gasteiger partial charge in [-0.05, 0) is 38.5 Å². The number of carbonyl (C=O) groups is 1. The van der Waals surface area contributed by atoms with E-state index in [0.29, 0.717) is 11.3 Å². The molecule has 1 aromatic carbocycles. The summed E-state index contributed by atoms with van der Waals surface area (Å²) in [5.74, 6) is -0.171. The SMILES string of the molecule is CCC(C)NC(=O)c1cccc(N(C)S(=O)(=O)CC)c1. The van der Waals surface area contributed by atoms with E-state index in [-0.39, 0.29) is 17.7 Å². The van der Waals surface area contributed by atoms with Crippen molar-refractivity contribution >= 4 is 21.6 Å². The first-order valence-electron chi connectivity index (χ1n) is 6.69. The van der Waals surface area contributed by atoms with Gasteiger partial charge in [-0.3, -0.25) is 9.10 Å². The largest absolute Gasteiger partial charge is 0.350 e. The molecule has 0 saturated heterocycles. The number of benzene rings is 1. The van der Waals surface area contributed by atoms with Crippen molar-refractivity contribution in [2.75, 3.05) is 17.1 Å². The molecule has 0 spiro atoms. The lowest BCUT2D eigenvalue weighted by atomic mass is 10.1. The average Bonchev–Trinajstić information content (AvgIpc) is 2.46. The summed E-state index contributed by atoms with van der Waals surface area (Å²) >= 11 is 0. The Morgan fingerprint density at radius 3 is 2.55 bits per heavy atom. The lowest BCUT2D eigenvalue weighted by Crippen LogP contribution is -2.32. The third-order valence-electron chi connectivity index (χ3n) is 3.24. The summed E-state index contributed by atoms with van der Waals surface area (Å²) in [6.07, 6.45) is 0.843. The van der Waals surface area contributed by atoms with Gasteiger partial charge in [-0.2, -0.15) is 0 Å². The first kappa shape index (κ1) is 16.5. The van der Waals surface area contributed by atoms with Crippen molar-refractivity contribution in [1.29, 1.82) is 0 Å². The monoisotopic (exact) mass is 298 g/mol. The van der Waals surface area contributed by atoms with E-state index >= 15 is 0 Å². The lowest BCUT2D eigenvalue weighted by Gasteiger charge is -2.19. The molecular weight excluding hydrogens is 276 g/mol. The normalized spacial score (nSPS) is 12.8. The van der Waals surface area contributed by atoms with Crippen molar-refractivity contribution in [3.05, 3.63) is 29.8 Å². The molecule has 112 valence electrons. The van der Waals surface area contributed by atoms with E-state index in [1.807, 2.05) is 13.8 Å². The summed E-state index contributed by atoms with van der Waals surface area (Å²) in [7, 11) is -1.83. The van der Waals surface area contributed by atoms with E-state index in [4.69, 9.17) is 0 Å². The summed E-state index contributed by atoms with van der Waals surface area (Å²) in [4.78, 5) is 12.0. The van der Waals surface area contributed by atoms with Gasteiger partial charge in [0.25, 0.3) is 5.91 Å². The summed E-state index contributed by atoms with van der Waals surface area (Å²) < 4.78 is 24.9. The Bertz CT molecular complexity index is 570. The van der Waals surface area contributed by atoms with Crippen LogP contribution in [-0.2, 0) is 10.0 Å². The Morgan fingerprint density at radius 1 is 1.35 bits per heavy atom. The number of amides is 1. The fourth-order valence-corrected chi connectivity index (χ4v) is 2.43. The highest BCUT2D eigenvalue weighted by molar-refractivity contribution is 7.92. The Hall–Kier alpha value is -1.56. The van der Waals surface area contributed by atoms with Gasteiger partial charge < -0.3 is 5.32 Å². The van der Waals surface area contributed by atoms with E-state index in [2.05, 4.69) is 5.32 Å². The highest BCUT2D eigenvalue weighted by atomic mass is 32.2. The standard InChI is InChI=1S/C14H22N2O3S/c1-5-11(3)15-14(17)12-8-7-9-13(10-12)16(4)20(18,19)6-2/h7-11H,5-6H2,1-4H3,(H,15,17). The van der Waals surface area contributed by atoms with Gasteiger partial charge in [0.15, 0.2) is 0 Å². The number of hydrogen-bond donors (Lipinski definition) is 1. The zero-order valence-electron chi connectivity index (χ0n) is 12.4. The zero-order valence-corrected chi connectivity index (χ0v) is 13.2. The quantitative estimate of drug-likeness (QED) is 0.873. The van der Waals surface area contributed by atoms with Crippen LogP contribution in [0.3, 0.4) is 0 Å². The molecule has 1 amide bonds. The molecule has 1 atom stereocenters. The van der Waals surface area contributed by atoms with Gasteiger partial charge in [-0.15, -0.1) is 0 Å². The van der Waals surface area contributed by atoms with Gasteiger partial charge in [0, 0.05) is 18.7 Å². The maximum absolute atomic E-state index is 12.0. The minimum Gasteiger partial charge on any atom is -0.350 e. The Labute approximate surface area is 121 Å². The van der Waals surface area contributed by atoms with Crippen molar-refractivity contribution in [3.63, 3.8) is 0 Å². The van der Waals surface area contributed by atoms with Crippen molar-refractivity contribution in [2.24, 2.45) is 0 Å². The van der Waals surface area contributed by atoms with E-state index in [1.165, 1.54) is 11.4 Å². The molecule has 0 aliphatic carbocycles. The van der Waals surface area contributed by atoms with Gasteiger partial charge in [-0.1, -0.05) is 13.0 Å². The predicted molar refractivity (Wildman–Crippen MR) is 81.5 cm³/mol. The number of hydrogen-bond acceptors (Lipinski definition) is 3. The number of anilines is 1. The van der Waals surface area contributed by atoms with Crippen LogP contribution in [0.5, 0.6) is 0 Å². The van der Waals surface area contributed by atoms with Crippen LogP contribution < -0.4 is 9.62 Å². The van der Waals surface area contributed by atoms with Gasteiger partial charge >= 0.3 is 0 Å². The Balaban J connectivity index is 2.99. The van der Waals surface area contributed by atoms with Gasteiger partial charge in [0.2, 0.25) is 10.0 Å². The molecule has 5 nitrogen and oxygen atoms in total. The van der Waals surface area contributed by atoms with Crippen molar-refractivity contribution in [3.8, 4) is 0 Å². The third kappa shape index (κ3) is 3.96. The minimum atomic E-state index is -3.32. The van der Waals surface area contributed by atoms with Crippen LogP contribution in [0.25, 0.3) is 0 Å². The number of rotatable bonds is 6. The van der Waals surface area contributed by atoms with Gasteiger partial charge in [0.1, 0.15) is 0 Å². The van der Waals surface area contributed by atoms with Gasteiger partial charge in [0.05, 0.1) is 11.4 Å². The molecule has 0 fully saturated rings. The molecule has 1 N–H and O–H groups in total. The fourth-order valence-electron chi connectivity index (χ4n) is 1.61. The molecular formula is C14H22N2O3S. The molecule has 0 radical (unpaired) electrons. The van der Waals surface area contributed by atoms with E-state index < -0.39 is 10.0 Å². The molecule has 1 unspecified atom stereocenters. The topological polar surface area (TPSA) is 66.5 Å². The fraction of sp³-hybridized carbons (Fsp3) is 0.500. The van der Waals surface area contributed by atoms with E-state index in [1.54, 1.807) is 31.2 Å². The molecule has 1 rings (SSSR count). The van der Waals surface area contributed by atoms with E-state index in [9.17, 15) is 13.2 Å². The predicted octanol–water partition coefficient (Wildman–Crippen LogP) is 2.00. The third-order valence-corrected chi connectivity index (χ3v) is 5.02. The number of carbonyl (C=O) groups excluding carboxylic acids is 1. The molecule has 0 aliphatic rings. The van der Waals surface area contributed by atoms with Crippen LogP contribution in [0.15, 0.2) is 24.3 Å². The van der Waals surface area contributed by atoms with Crippen molar-refractivity contribution < 1.29 is 13.2 Å². The van der Waals surface area contributed by atoms with Gasteiger partial charge in [-0.25, -0.2) is 8.42 Å². The van der Waals surface area contributed by atoms with Crippen molar-refractivity contribution in [2.45, 2.75) is 33.2 Å². The Kier molecular flexibility index (Phi) is 5.56. The number of sulfonamides is 1. The molecule has 20 heavy (non-hydrogen) atoms. The lowest BCUT2D eigenvalue weighted by molar-refractivity contribution is 0.0939. The molecule has 6 heteroatoms. The van der Waals surface area contributed by atoms with E-state index in [0.717, 1.165) is 6.42 Å². The molecule has 0 aromatic heterocycles. The highest BCUT2D eigenvalue weighted by Crippen LogP contribution is 2.18. The van der Waals surface area contributed by atoms with Crippen LogP contribution in [0.4, 0.5) is 5.69 Å². The second-order valence-corrected chi connectivity index (χ2v) is 6.99. The van der Waals surface area contributed by atoms with Crippen LogP contribution >= 0.6 is 0 Å². The minimum absolute atomic E-state index is 0.0206. The molecule has 0 aliphatic heterocycles. The Morgan fingerprint density at radius 2 is 2.00 bits per heavy atom. The summed E-state index contributed by atoms with van der Waals surface area (Å²) in [6.45, 7) is 5.50.